The molecule has 1 aliphatic heterocycles. The molecule has 0 aliphatic carbocycles. The van der Waals surface area contributed by atoms with Crippen LogP contribution in [0.15, 0.2) is 53.2 Å². The Labute approximate surface area is 146 Å². The zero-order valence-corrected chi connectivity index (χ0v) is 13.9. The topological polar surface area (TPSA) is 87.7 Å². The van der Waals surface area contributed by atoms with E-state index in [4.69, 9.17) is 22.1 Å². The second-order valence-corrected chi connectivity index (χ2v) is 6.68. The van der Waals surface area contributed by atoms with Crippen LogP contribution < -0.4 is 10.5 Å². The molecule has 0 spiro atoms. The smallest absolute Gasteiger partial charge is 0.244 e. The van der Waals surface area contributed by atoms with Crippen molar-refractivity contribution >= 4 is 22.9 Å². The average Bonchev–Trinajstić information content (AvgIpc) is 3.24. The Morgan fingerprint density at radius 2 is 2.08 bits per heavy atom. The zero-order chi connectivity index (χ0) is 16.7. The van der Waals surface area contributed by atoms with Gasteiger partial charge in [0.2, 0.25) is 11.8 Å². The quantitative estimate of drug-likeness (QED) is 0.727. The third-order valence-electron chi connectivity index (χ3n) is 3.90. The van der Waals surface area contributed by atoms with Gasteiger partial charge in [0.15, 0.2) is 0 Å². The lowest BCUT2D eigenvalue weighted by Gasteiger charge is -2.22. The molecule has 1 aromatic carbocycles. The Balaban J connectivity index is 1.94. The fraction of sp³-hybridized carbons (Fsp3) is 0.0588. The van der Waals surface area contributed by atoms with Crippen molar-refractivity contribution in [2.45, 2.75) is 5.92 Å². The number of rotatable bonds is 2. The minimum Gasteiger partial charge on any atom is -0.420 e. The first-order valence-electron chi connectivity index (χ1n) is 7.14. The van der Waals surface area contributed by atoms with Crippen molar-refractivity contribution in [1.82, 2.24) is 10.2 Å². The number of H-pyrrole nitrogens is 1. The van der Waals surface area contributed by atoms with Crippen LogP contribution >= 0.6 is 22.9 Å². The lowest BCUT2D eigenvalue weighted by Crippen LogP contribution is -2.20. The fourth-order valence-corrected chi connectivity index (χ4v) is 3.79. The summed E-state index contributed by atoms with van der Waals surface area (Å²) in [7, 11) is 0. The summed E-state index contributed by atoms with van der Waals surface area (Å²) in [5.74, 6) is 0.190. The zero-order valence-electron chi connectivity index (χ0n) is 12.3. The van der Waals surface area contributed by atoms with Crippen LogP contribution in [0.1, 0.15) is 16.4 Å². The summed E-state index contributed by atoms with van der Waals surface area (Å²) in [6.07, 6.45) is 0. The first kappa shape index (κ1) is 14.8. The Morgan fingerprint density at radius 1 is 1.29 bits per heavy atom. The number of allylic oxidation sites excluding steroid dienone is 1. The fourth-order valence-electron chi connectivity index (χ4n) is 2.82. The van der Waals surface area contributed by atoms with E-state index in [-0.39, 0.29) is 11.8 Å². The first-order chi connectivity index (χ1) is 11.7. The highest BCUT2D eigenvalue weighted by molar-refractivity contribution is 7.10. The molecule has 24 heavy (non-hydrogen) atoms. The van der Waals surface area contributed by atoms with Gasteiger partial charge in [-0.3, -0.25) is 5.10 Å². The molecule has 3 N–H and O–H groups in total. The Bertz CT molecular complexity index is 967. The van der Waals surface area contributed by atoms with Crippen molar-refractivity contribution in [2.75, 3.05) is 0 Å². The van der Waals surface area contributed by atoms with Gasteiger partial charge in [-0.2, -0.15) is 5.26 Å². The van der Waals surface area contributed by atoms with Crippen molar-refractivity contribution in [3.63, 3.8) is 0 Å². The number of aromatic nitrogens is 2. The van der Waals surface area contributed by atoms with Gasteiger partial charge in [-0.15, -0.1) is 16.4 Å². The van der Waals surface area contributed by atoms with Crippen LogP contribution in [0, 0.1) is 11.3 Å². The van der Waals surface area contributed by atoms with Crippen molar-refractivity contribution in [3.05, 3.63) is 68.7 Å². The van der Waals surface area contributed by atoms with Crippen LogP contribution in [-0.2, 0) is 0 Å². The summed E-state index contributed by atoms with van der Waals surface area (Å²) in [5.41, 5.74) is 8.84. The van der Waals surface area contributed by atoms with Crippen LogP contribution in [0.25, 0.3) is 11.3 Å². The lowest BCUT2D eigenvalue weighted by atomic mass is 9.87. The van der Waals surface area contributed by atoms with E-state index < -0.39 is 0 Å². The second-order valence-electron chi connectivity index (χ2n) is 5.26. The number of nitriles is 1. The molecule has 0 fully saturated rings. The van der Waals surface area contributed by atoms with Gasteiger partial charge in [-0.1, -0.05) is 29.8 Å². The second kappa shape index (κ2) is 5.71. The average molecular weight is 355 g/mol. The van der Waals surface area contributed by atoms with E-state index in [1.54, 1.807) is 11.3 Å². The van der Waals surface area contributed by atoms with E-state index in [0.717, 1.165) is 21.7 Å². The molecule has 3 aromatic rings. The molecule has 0 saturated heterocycles. The van der Waals surface area contributed by atoms with Crippen LogP contribution in [-0.4, -0.2) is 10.2 Å². The number of nitrogens with one attached hydrogen (secondary N) is 1. The molecule has 0 unspecified atom stereocenters. The van der Waals surface area contributed by atoms with Gasteiger partial charge in [0.25, 0.3) is 0 Å². The molecule has 0 radical (unpaired) electrons. The van der Waals surface area contributed by atoms with Gasteiger partial charge in [0.1, 0.15) is 11.6 Å². The third kappa shape index (κ3) is 2.26. The maximum Gasteiger partial charge on any atom is 0.244 e. The molecule has 0 amide bonds. The van der Waals surface area contributed by atoms with Crippen molar-refractivity contribution in [3.8, 4) is 23.2 Å². The molecule has 2 aromatic heterocycles. The molecule has 1 atom stereocenters. The number of hydrogen-bond donors (Lipinski definition) is 2. The minimum atomic E-state index is -0.303. The standard InChI is InChI=1S/C17H11ClN4OS/c18-10-5-3-9(4-6-10)15-14-13(12-2-1-7-24-12)11(8-19)16(20)23-17(14)22-21-15/h1-7,13H,20H2,(H,21,22)/t13-/m0/s1. The number of hydrogen-bond acceptors (Lipinski definition) is 5. The van der Waals surface area contributed by atoms with Gasteiger partial charge < -0.3 is 10.5 Å². The van der Waals surface area contributed by atoms with E-state index in [0.29, 0.717) is 16.5 Å². The van der Waals surface area contributed by atoms with E-state index in [1.807, 2.05) is 41.8 Å². The summed E-state index contributed by atoms with van der Waals surface area (Å²) in [6.45, 7) is 0. The molecule has 118 valence electrons. The first-order valence-corrected chi connectivity index (χ1v) is 8.40. The number of ether oxygens (including phenoxy) is 1. The molecular weight excluding hydrogens is 344 g/mol. The number of aromatic amines is 1. The predicted molar refractivity (Wildman–Crippen MR) is 92.7 cm³/mol. The van der Waals surface area contributed by atoms with Gasteiger partial charge in [-0.05, 0) is 23.6 Å². The van der Waals surface area contributed by atoms with Crippen LogP contribution in [0.4, 0.5) is 0 Å². The SMILES string of the molecule is N#CC1=C(N)Oc2n[nH]c(-c3ccc(Cl)cc3)c2[C@@H]1c1cccs1. The van der Waals surface area contributed by atoms with Crippen LogP contribution in [0.2, 0.25) is 5.02 Å². The van der Waals surface area contributed by atoms with E-state index in [1.165, 1.54) is 0 Å². The number of benzene rings is 1. The van der Waals surface area contributed by atoms with Crippen molar-refractivity contribution in [1.29, 1.82) is 5.26 Å². The van der Waals surface area contributed by atoms with Crippen molar-refractivity contribution < 1.29 is 4.74 Å². The minimum absolute atomic E-state index is 0.0950. The molecule has 0 saturated carbocycles. The highest BCUT2D eigenvalue weighted by Gasteiger charge is 2.36. The largest absolute Gasteiger partial charge is 0.420 e. The van der Waals surface area contributed by atoms with Gasteiger partial charge in [0.05, 0.1) is 17.2 Å². The maximum atomic E-state index is 9.58. The Kier molecular flexibility index (Phi) is 3.53. The number of thiophene rings is 1. The maximum absolute atomic E-state index is 9.58. The molecule has 3 heterocycles. The molecular formula is C17H11ClN4OS. The van der Waals surface area contributed by atoms with Crippen molar-refractivity contribution in [2.24, 2.45) is 5.73 Å². The summed E-state index contributed by atoms with van der Waals surface area (Å²) >= 11 is 7.54. The molecule has 5 nitrogen and oxygen atoms in total. The highest BCUT2D eigenvalue weighted by Crippen LogP contribution is 2.46. The molecule has 0 bridgehead atoms. The summed E-state index contributed by atoms with van der Waals surface area (Å²) in [5, 5.41) is 19.4. The van der Waals surface area contributed by atoms with Crippen LogP contribution in [0.5, 0.6) is 5.88 Å². The monoisotopic (exact) mass is 354 g/mol. The van der Waals surface area contributed by atoms with E-state index in [2.05, 4.69) is 16.3 Å². The van der Waals surface area contributed by atoms with E-state index >= 15 is 0 Å². The van der Waals surface area contributed by atoms with Crippen LogP contribution in [0.3, 0.4) is 0 Å². The number of halogens is 1. The summed E-state index contributed by atoms with van der Waals surface area (Å²) in [4.78, 5) is 1.01. The molecule has 7 heteroatoms. The van der Waals surface area contributed by atoms with Gasteiger partial charge in [0, 0.05) is 15.5 Å². The van der Waals surface area contributed by atoms with Gasteiger partial charge >= 0.3 is 0 Å². The number of fused-ring (bicyclic) bond motifs is 1. The third-order valence-corrected chi connectivity index (χ3v) is 5.09. The Morgan fingerprint density at radius 3 is 2.75 bits per heavy atom. The van der Waals surface area contributed by atoms with E-state index in [9.17, 15) is 5.26 Å². The summed E-state index contributed by atoms with van der Waals surface area (Å²) < 4.78 is 5.56. The number of nitrogens with two attached hydrogens (primary N) is 1. The Hall–Kier alpha value is -2.75. The predicted octanol–water partition coefficient (Wildman–Crippen LogP) is 4.01. The lowest BCUT2D eigenvalue weighted by molar-refractivity contribution is 0.379. The normalized spacial score (nSPS) is 16.4. The molecule has 4 rings (SSSR count). The summed E-state index contributed by atoms with van der Waals surface area (Å²) in [6, 6.07) is 13.5. The highest BCUT2D eigenvalue weighted by atomic mass is 35.5. The molecule has 1 aliphatic rings. The van der Waals surface area contributed by atoms with Gasteiger partial charge in [-0.25, -0.2) is 0 Å². The number of nitrogens with zero attached hydrogens (tertiary/aromatic N) is 2.